The standard InChI is InChI=1S/C19H13NO3/c1-23-18-15-8-4-2-6-13(15)17(10-12(11-20)19(21)22)14-7-3-5-9-16(14)18/h2-10H,1H3,(H,21,22)/b12-10+. The van der Waals surface area contributed by atoms with Crippen molar-refractivity contribution in [3.63, 3.8) is 0 Å². The lowest BCUT2D eigenvalue weighted by Gasteiger charge is -2.14. The minimum atomic E-state index is -1.24. The summed E-state index contributed by atoms with van der Waals surface area (Å²) in [6.45, 7) is 0. The van der Waals surface area contributed by atoms with Gasteiger partial charge in [-0.15, -0.1) is 0 Å². The normalized spacial score (nSPS) is 11.4. The van der Waals surface area contributed by atoms with Crippen LogP contribution in [0.15, 0.2) is 54.1 Å². The number of aliphatic carboxylic acids is 1. The summed E-state index contributed by atoms with van der Waals surface area (Å²) in [5.41, 5.74) is 0.404. The second-order valence-electron chi connectivity index (χ2n) is 5.01. The van der Waals surface area contributed by atoms with Gasteiger partial charge in [0.15, 0.2) is 0 Å². The number of ether oxygens (including phenoxy) is 1. The Labute approximate surface area is 132 Å². The number of benzene rings is 3. The zero-order valence-corrected chi connectivity index (χ0v) is 12.4. The number of hydrogen-bond acceptors (Lipinski definition) is 3. The molecule has 0 amide bonds. The van der Waals surface area contributed by atoms with E-state index in [2.05, 4.69) is 0 Å². The number of carboxylic acids is 1. The summed E-state index contributed by atoms with van der Waals surface area (Å²) in [6.07, 6.45) is 1.42. The molecule has 0 aliphatic heterocycles. The van der Waals surface area contributed by atoms with Crippen LogP contribution in [0.1, 0.15) is 5.56 Å². The van der Waals surface area contributed by atoms with Crippen molar-refractivity contribution in [3.8, 4) is 11.8 Å². The lowest BCUT2D eigenvalue weighted by atomic mass is 9.94. The number of fused-ring (bicyclic) bond motifs is 2. The van der Waals surface area contributed by atoms with Gasteiger partial charge in [-0.25, -0.2) is 4.79 Å². The lowest BCUT2D eigenvalue weighted by Crippen LogP contribution is -1.98. The van der Waals surface area contributed by atoms with E-state index in [0.717, 1.165) is 27.3 Å². The predicted octanol–water partition coefficient (Wildman–Crippen LogP) is 3.99. The van der Waals surface area contributed by atoms with Crippen LogP contribution in [0.25, 0.3) is 27.6 Å². The fraction of sp³-hybridized carbons (Fsp3) is 0.0526. The van der Waals surface area contributed by atoms with Crippen LogP contribution in [0.2, 0.25) is 0 Å². The SMILES string of the molecule is COc1c2ccccc2c(/C=C(\C#N)C(=O)O)c2ccccc12. The first kappa shape index (κ1) is 14.6. The van der Waals surface area contributed by atoms with Gasteiger partial charge in [-0.05, 0) is 22.4 Å². The van der Waals surface area contributed by atoms with Crippen molar-refractivity contribution in [2.75, 3.05) is 7.11 Å². The fourth-order valence-corrected chi connectivity index (χ4v) is 2.78. The molecule has 0 aliphatic rings. The molecule has 0 bridgehead atoms. The molecule has 112 valence electrons. The molecule has 3 aromatic carbocycles. The van der Waals surface area contributed by atoms with Gasteiger partial charge in [0.1, 0.15) is 17.4 Å². The van der Waals surface area contributed by atoms with E-state index in [4.69, 9.17) is 15.1 Å². The molecule has 4 heteroatoms. The summed E-state index contributed by atoms with van der Waals surface area (Å²) >= 11 is 0. The summed E-state index contributed by atoms with van der Waals surface area (Å²) in [5.74, 6) is -0.501. The van der Waals surface area contributed by atoms with Crippen molar-refractivity contribution in [1.82, 2.24) is 0 Å². The van der Waals surface area contributed by atoms with Crippen molar-refractivity contribution in [1.29, 1.82) is 5.26 Å². The largest absolute Gasteiger partial charge is 0.495 e. The van der Waals surface area contributed by atoms with Crippen LogP contribution >= 0.6 is 0 Å². The number of nitriles is 1. The molecule has 3 aromatic rings. The minimum Gasteiger partial charge on any atom is -0.495 e. The predicted molar refractivity (Wildman–Crippen MR) is 89.2 cm³/mol. The van der Waals surface area contributed by atoms with Crippen molar-refractivity contribution >= 4 is 33.6 Å². The maximum atomic E-state index is 11.2. The molecular formula is C19H13NO3. The summed E-state index contributed by atoms with van der Waals surface area (Å²) < 4.78 is 5.57. The molecule has 3 rings (SSSR count). The monoisotopic (exact) mass is 303 g/mol. The zero-order valence-electron chi connectivity index (χ0n) is 12.4. The van der Waals surface area contributed by atoms with Gasteiger partial charge in [0.25, 0.3) is 0 Å². The number of methoxy groups -OCH3 is 1. The highest BCUT2D eigenvalue weighted by molar-refractivity contribution is 6.13. The topological polar surface area (TPSA) is 70.3 Å². The van der Waals surface area contributed by atoms with E-state index in [1.165, 1.54) is 6.08 Å². The van der Waals surface area contributed by atoms with E-state index < -0.39 is 5.97 Å². The van der Waals surface area contributed by atoms with E-state index in [-0.39, 0.29) is 5.57 Å². The molecule has 0 radical (unpaired) electrons. The van der Waals surface area contributed by atoms with Gasteiger partial charge < -0.3 is 9.84 Å². The van der Waals surface area contributed by atoms with E-state index >= 15 is 0 Å². The molecule has 1 N–H and O–H groups in total. The Hall–Kier alpha value is -3.32. The van der Waals surface area contributed by atoms with E-state index in [1.54, 1.807) is 13.2 Å². The number of nitrogens with zero attached hydrogens (tertiary/aromatic N) is 1. The maximum absolute atomic E-state index is 11.2. The highest BCUT2D eigenvalue weighted by Crippen LogP contribution is 2.38. The molecule has 23 heavy (non-hydrogen) atoms. The summed E-state index contributed by atoms with van der Waals surface area (Å²) in [4.78, 5) is 11.2. The molecule has 0 unspecified atom stereocenters. The Bertz CT molecular complexity index is 940. The van der Waals surface area contributed by atoms with Gasteiger partial charge in [0.2, 0.25) is 0 Å². The summed E-state index contributed by atoms with van der Waals surface area (Å²) in [7, 11) is 1.61. The number of hydrogen-bond donors (Lipinski definition) is 1. The van der Waals surface area contributed by atoms with Crippen LogP contribution in [0.3, 0.4) is 0 Å². The van der Waals surface area contributed by atoms with Crippen LogP contribution in [0.5, 0.6) is 5.75 Å². The van der Waals surface area contributed by atoms with E-state index in [9.17, 15) is 4.79 Å². The summed E-state index contributed by atoms with van der Waals surface area (Å²) in [6, 6.07) is 16.9. The number of carboxylic acid groups (broad SMARTS) is 1. The molecule has 0 aromatic heterocycles. The van der Waals surface area contributed by atoms with Gasteiger partial charge in [-0.1, -0.05) is 48.5 Å². The second kappa shape index (κ2) is 5.82. The highest BCUT2D eigenvalue weighted by Gasteiger charge is 2.14. The highest BCUT2D eigenvalue weighted by atomic mass is 16.5. The molecule has 0 spiro atoms. The van der Waals surface area contributed by atoms with Crippen molar-refractivity contribution in [2.24, 2.45) is 0 Å². The van der Waals surface area contributed by atoms with Gasteiger partial charge in [0, 0.05) is 10.8 Å². The Morgan fingerprint density at radius 1 is 1.04 bits per heavy atom. The van der Waals surface area contributed by atoms with Crippen LogP contribution in [0, 0.1) is 11.3 Å². The molecule has 0 saturated carbocycles. The third kappa shape index (κ3) is 2.39. The van der Waals surface area contributed by atoms with Crippen LogP contribution in [-0.2, 0) is 4.79 Å². The first-order valence-electron chi connectivity index (χ1n) is 7.00. The van der Waals surface area contributed by atoms with Gasteiger partial charge in [0.05, 0.1) is 7.11 Å². The number of carbonyl (C=O) groups is 1. The molecule has 0 saturated heterocycles. The Kier molecular flexibility index (Phi) is 3.70. The number of rotatable bonds is 3. The third-order valence-electron chi connectivity index (χ3n) is 3.77. The average Bonchev–Trinajstić information content (AvgIpc) is 2.58. The first-order valence-corrected chi connectivity index (χ1v) is 7.00. The van der Waals surface area contributed by atoms with Gasteiger partial charge in [-0.2, -0.15) is 5.26 Å². The Morgan fingerprint density at radius 2 is 1.52 bits per heavy atom. The van der Waals surface area contributed by atoms with Gasteiger partial charge in [-0.3, -0.25) is 0 Å². The molecule has 0 heterocycles. The van der Waals surface area contributed by atoms with Crippen LogP contribution in [-0.4, -0.2) is 18.2 Å². The lowest BCUT2D eigenvalue weighted by molar-refractivity contribution is -0.132. The van der Waals surface area contributed by atoms with Crippen molar-refractivity contribution in [3.05, 3.63) is 59.7 Å². The molecule has 4 nitrogen and oxygen atoms in total. The zero-order chi connectivity index (χ0) is 16.4. The Balaban J connectivity index is 2.53. The van der Waals surface area contributed by atoms with E-state index in [0.29, 0.717) is 5.56 Å². The average molecular weight is 303 g/mol. The Morgan fingerprint density at radius 3 is 1.91 bits per heavy atom. The van der Waals surface area contributed by atoms with Crippen molar-refractivity contribution < 1.29 is 14.6 Å². The smallest absolute Gasteiger partial charge is 0.346 e. The maximum Gasteiger partial charge on any atom is 0.346 e. The van der Waals surface area contributed by atoms with Crippen LogP contribution in [0.4, 0.5) is 0 Å². The minimum absolute atomic E-state index is 0.300. The summed E-state index contributed by atoms with van der Waals surface area (Å²) in [5, 5.41) is 21.7. The van der Waals surface area contributed by atoms with E-state index in [1.807, 2.05) is 48.5 Å². The quantitative estimate of drug-likeness (QED) is 0.451. The molecule has 0 atom stereocenters. The molecule has 0 fully saturated rings. The second-order valence-corrected chi connectivity index (χ2v) is 5.01. The van der Waals surface area contributed by atoms with Crippen molar-refractivity contribution in [2.45, 2.75) is 0 Å². The fourth-order valence-electron chi connectivity index (χ4n) is 2.78. The van der Waals surface area contributed by atoms with Crippen LogP contribution < -0.4 is 4.74 Å². The van der Waals surface area contributed by atoms with Gasteiger partial charge >= 0.3 is 5.97 Å². The molecular weight excluding hydrogens is 290 g/mol. The third-order valence-corrected chi connectivity index (χ3v) is 3.77. The first-order chi connectivity index (χ1) is 11.2. The molecule has 0 aliphatic carbocycles.